The Labute approximate surface area is 144 Å². The maximum atomic E-state index is 11.9. The van der Waals surface area contributed by atoms with Crippen LogP contribution in [0.2, 0.25) is 0 Å². The largest absolute Gasteiger partial charge is 0.379 e. The van der Waals surface area contributed by atoms with Crippen LogP contribution in [0.1, 0.15) is 20.7 Å². The molecule has 0 aliphatic carbocycles. The Balaban J connectivity index is 1.58. The summed E-state index contributed by atoms with van der Waals surface area (Å²) in [6, 6.07) is 4.90. The van der Waals surface area contributed by atoms with Gasteiger partial charge in [-0.25, -0.2) is 0 Å². The van der Waals surface area contributed by atoms with Crippen LogP contribution in [0.5, 0.6) is 0 Å². The van der Waals surface area contributed by atoms with E-state index >= 15 is 0 Å². The monoisotopic (exact) mass is 347 g/mol. The van der Waals surface area contributed by atoms with Crippen molar-refractivity contribution in [1.29, 1.82) is 0 Å². The summed E-state index contributed by atoms with van der Waals surface area (Å²) in [6.07, 6.45) is 0. The summed E-state index contributed by atoms with van der Waals surface area (Å²) < 4.78 is 5.30. The number of carbonyl (C=O) groups is 2. The van der Waals surface area contributed by atoms with Gasteiger partial charge >= 0.3 is 0 Å². The van der Waals surface area contributed by atoms with E-state index in [4.69, 9.17) is 17.0 Å². The van der Waals surface area contributed by atoms with Gasteiger partial charge in [-0.1, -0.05) is 6.07 Å². The zero-order valence-corrected chi connectivity index (χ0v) is 13.8. The number of hydrogen-bond acceptors (Lipinski definition) is 5. The highest BCUT2D eigenvalue weighted by Crippen LogP contribution is 2.25. The SMILES string of the molecule is O=C1N=NC(=O)c2c(NC(=S)NCCN3CCOCC3)cccc21. The standard InChI is InChI=1S/C15H17N5O3S/c21-13-10-2-1-3-11(12(10)14(22)19-18-13)17-15(24)16-4-5-20-6-8-23-9-7-20/h1-3H,4-9H2,(H2,16,17,24). The van der Waals surface area contributed by atoms with Crippen LogP contribution in [0.4, 0.5) is 5.69 Å². The van der Waals surface area contributed by atoms with Crippen LogP contribution in [-0.4, -0.2) is 61.2 Å². The van der Waals surface area contributed by atoms with E-state index in [0.717, 1.165) is 32.8 Å². The Bertz CT molecular complexity index is 700. The van der Waals surface area contributed by atoms with Gasteiger partial charge in [-0.2, -0.15) is 0 Å². The molecule has 0 saturated carbocycles. The van der Waals surface area contributed by atoms with Gasteiger partial charge in [-0.15, -0.1) is 10.2 Å². The van der Waals surface area contributed by atoms with Crippen molar-refractivity contribution in [2.45, 2.75) is 0 Å². The Morgan fingerprint density at radius 2 is 1.96 bits per heavy atom. The zero-order chi connectivity index (χ0) is 16.9. The number of rotatable bonds is 4. The van der Waals surface area contributed by atoms with Crippen LogP contribution in [0.25, 0.3) is 0 Å². The van der Waals surface area contributed by atoms with Crippen LogP contribution in [0, 0.1) is 0 Å². The molecule has 1 aromatic carbocycles. The van der Waals surface area contributed by atoms with E-state index in [2.05, 4.69) is 25.8 Å². The third-order valence-corrected chi connectivity index (χ3v) is 4.05. The Hall–Kier alpha value is -2.23. The second-order valence-electron chi connectivity index (χ2n) is 5.37. The number of azo groups is 1. The molecule has 0 bridgehead atoms. The summed E-state index contributed by atoms with van der Waals surface area (Å²) in [5.74, 6) is -1.08. The van der Waals surface area contributed by atoms with Gasteiger partial charge in [0.15, 0.2) is 5.11 Å². The van der Waals surface area contributed by atoms with Crippen molar-refractivity contribution >= 4 is 34.8 Å². The molecule has 9 heteroatoms. The molecule has 0 aromatic heterocycles. The fraction of sp³-hybridized carbons (Fsp3) is 0.400. The van der Waals surface area contributed by atoms with Gasteiger partial charge in [-0.05, 0) is 24.4 Å². The lowest BCUT2D eigenvalue weighted by Crippen LogP contribution is -2.42. The normalized spacial score (nSPS) is 17.5. The number of nitrogens with one attached hydrogen (secondary N) is 2. The molecule has 8 nitrogen and oxygen atoms in total. The minimum Gasteiger partial charge on any atom is -0.379 e. The number of carbonyl (C=O) groups excluding carboxylic acids is 2. The molecule has 0 radical (unpaired) electrons. The van der Waals surface area contributed by atoms with Gasteiger partial charge in [-0.3, -0.25) is 14.5 Å². The molecule has 3 rings (SSSR count). The predicted molar refractivity (Wildman–Crippen MR) is 91.4 cm³/mol. The van der Waals surface area contributed by atoms with Crippen LogP contribution in [0.15, 0.2) is 28.4 Å². The average molecular weight is 347 g/mol. The number of benzene rings is 1. The minimum absolute atomic E-state index is 0.204. The average Bonchev–Trinajstić information content (AvgIpc) is 2.59. The van der Waals surface area contributed by atoms with E-state index in [1.54, 1.807) is 18.2 Å². The first-order chi connectivity index (χ1) is 11.6. The van der Waals surface area contributed by atoms with Crippen molar-refractivity contribution in [1.82, 2.24) is 10.2 Å². The lowest BCUT2D eigenvalue weighted by Gasteiger charge is -2.26. The predicted octanol–water partition coefficient (Wildman–Crippen LogP) is 1.05. The number of anilines is 1. The highest BCUT2D eigenvalue weighted by Gasteiger charge is 2.25. The highest BCUT2D eigenvalue weighted by atomic mass is 32.1. The molecule has 0 unspecified atom stereocenters. The van der Waals surface area contributed by atoms with Crippen molar-refractivity contribution < 1.29 is 14.3 Å². The van der Waals surface area contributed by atoms with E-state index in [9.17, 15) is 9.59 Å². The van der Waals surface area contributed by atoms with E-state index in [1.807, 2.05) is 0 Å². The van der Waals surface area contributed by atoms with Crippen LogP contribution in [0.3, 0.4) is 0 Å². The van der Waals surface area contributed by atoms with Crippen LogP contribution >= 0.6 is 12.2 Å². The van der Waals surface area contributed by atoms with E-state index in [1.165, 1.54) is 0 Å². The summed E-state index contributed by atoms with van der Waals surface area (Å²) in [5, 5.41) is 13.1. The summed E-state index contributed by atoms with van der Waals surface area (Å²) in [4.78, 5) is 25.9. The number of nitrogens with zero attached hydrogens (tertiary/aromatic N) is 3. The number of thiocarbonyl (C=S) groups is 1. The molecule has 2 N–H and O–H groups in total. The number of fused-ring (bicyclic) bond motifs is 1. The molecule has 1 aromatic rings. The lowest BCUT2D eigenvalue weighted by atomic mass is 10.0. The van der Waals surface area contributed by atoms with E-state index < -0.39 is 11.8 Å². The number of hydrogen-bond donors (Lipinski definition) is 2. The molecule has 2 amide bonds. The molecule has 2 aliphatic heterocycles. The van der Waals surface area contributed by atoms with E-state index in [0.29, 0.717) is 17.3 Å². The molecular weight excluding hydrogens is 330 g/mol. The van der Waals surface area contributed by atoms with Gasteiger partial charge < -0.3 is 15.4 Å². The summed E-state index contributed by atoms with van der Waals surface area (Å²) in [6.45, 7) is 4.86. The number of ether oxygens (including phenoxy) is 1. The Morgan fingerprint density at radius 3 is 2.75 bits per heavy atom. The van der Waals surface area contributed by atoms with Crippen LogP contribution in [-0.2, 0) is 4.74 Å². The van der Waals surface area contributed by atoms with Crippen molar-refractivity contribution in [3.63, 3.8) is 0 Å². The summed E-state index contributed by atoms with van der Waals surface area (Å²) in [5.41, 5.74) is 0.888. The molecule has 2 heterocycles. The van der Waals surface area contributed by atoms with Gasteiger partial charge in [0.05, 0.1) is 30.0 Å². The van der Waals surface area contributed by atoms with Crippen molar-refractivity contribution in [3.05, 3.63) is 29.3 Å². The van der Waals surface area contributed by atoms with Crippen molar-refractivity contribution in [2.24, 2.45) is 10.2 Å². The van der Waals surface area contributed by atoms with Gasteiger partial charge in [0, 0.05) is 26.2 Å². The van der Waals surface area contributed by atoms with Gasteiger partial charge in [0.25, 0.3) is 11.8 Å². The first kappa shape index (κ1) is 16.6. The summed E-state index contributed by atoms with van der Waals surface area (Å²) >= 11 is 5.26. The van der Waals surface area contributed by atoms with Crippen molar-refractivity contribution in [2.75, 3.05) is 44.7 Å². The number of morpholine rings is 1. The first-order valence-corrected chi connectivity index (χ1v) is 8.04. The lowest BCUT2D eigenvalue weighted by molar-refractivity contribution is 0.0389. The number of amides is 2. The maximum Gasteiger partial charge on any atom is 0.298 e. The maximum absolute atomic E-state index is 11.9. The molecule has 24 heavy (non-hydrogen) atoms. The molecule has 0 spiro atoms. The molecule has 1 saturated heterocycles. The highest BCUT2D eigenvalue weighted by molar-refractivity contribution is 7.80. The molecular formula is C15H17N5O3S. The first-order valence-electron chi connectivity index (χ1n) is 7.63. The molecule has 126 valence electrons. The van der Waals surface area contributed by atoms with Gasteiger partial charge in [0.2, 0.25) is 0 Å². The summed E-state index contributed by atoms with van der Waals surface area (Å²) in [7, 11) is 0. The Kier molecular flexibility index (Phi) is 5.24. The van der Waals surface area contributed by atoms with Crippen molar-refractivity contribution in [3.8, 4) is 0 Å². The van der Waals surface area contributed by atoms with Crippen LogP contribution < -0.4 is 10.6 Å². The second-order valence-corrected chi connectivity index (χ2v) is 5.78. The van der Waals surface area contributed by atoms with E-state index in [-0.39, 0.29) is 11.1 Å². The quantitative estimate of drug-likeness (QED) is 0.786. The zero-order valence-electron chi connectivity index (χ0n) is 12.9. The Morgan fingerprint density at radius 1 is 1.21 bits per heavy atom. The molecule has 1 fully saturated rings. The van der Waals surface area contributed by atoms with Gasteiger partial charge in [0.1, 0.15) is 0 Å². The molecule has 2 aliphatic rings. The smallest absolute Gasteiger partial charge is 0.298 e. The second kappa shape index (κ2) is 7.56. The fourth-order valence-electron chi connectivity index (χ4n) is 2.58. The molecule has 0 atom stereocenters. The minimum atomic E-state index is -0.552. The third kappa shape index (κ3) is 3.81. The fourth-order valence-corrected chi connectivity index (χ4v) is 2.79. The third-order valence-electron chi connectivity index (χ3n) is 3.81. The topological polar surface area (TPSA) is 95.4 Å².